The van der Waals surface area contributed by atoms with Gasteiger partial charge in [-0.2, -0.15) is 5.10 Å². The van der Waals surface area contributed by atoms with E-state index in [9.17, 15) is 4.79 Å². The summed E-state index contributed by atoms with van der Waals surface area (Å²) in [6, 6.07) is 7.94. The molecule has 0 bridgehead atoms. The Kier molecular flexibility index (Phi) is 4.91. The number of H-pyrrole nitrogens is 1. The number of rotatable bonds is 6. The van der Waals surface area contributed by atoms with E-state index >= 15 is 0 Å². The van der Waals surface area contributed by atoms with Crippen LogP contribution < -0.4 is 4.74 Å². The van der Waals surface area contributed by atoms with Crippen molar-refractivity contribution >= 4 is 5.91 Å². The van der Waals surface area contributed by atoms with E-state index in [4.69, 9.17) is 4.74 Å². The summed E-state index contributed by atoms with van der Waals surface area (Å²) in [5, 5.41) is 7.51. The summed E-state index contributed by atoms with van der Waals surface area (Å²) < 4.78 is 5.17. The molecule has 138 valence electrons. The standard InChI is InChI=1S/C20H26N4O2/c1-26-17-9-4-14(5-10-17)6-11-18(25)24-12-2-3-16(13-24)20-21-19(22-23-20)15-7-8-15/h4-5,9-10,15-16H,2-3,6-8,11-13H2,1H3,(H,21,22,23)/t16-/m0/s1. The fourth-order valence-corrected chi connectivity index (χ4v) is 3.63. The monoisotopic (exact) mass is 354 g/mol. The molecule has 1 aliphatic carbocycles. The number of carbonyl (C=O) groups is 1. The van der Waals surface area contributed by atoms with Crippen molar-refractivity contribution in [2.75, 3.05) is 20.2 Å². The summed E-state index contributed by atoms with van der Waals surface area (Å²) in [6.45, 7) is 1.58. The third kappa shape index (κ3) is 3.89. The fourth-order valence-electron chi connectivity index (χ4n) is 3.63. The summed E-state index contributed by atoms with van der Waals surface area (Å²) >= 11 is 0. The van der Waals surface area contributed by atoms with Gasteiger partial charge in [-0.15, -0.1) is 0 Å². The van der Waals surface area contributed by atoms with Gasteiger partial charge in [-0.25, -0.2) is 4.98 Å². The van der Waals surface area contributed by atoms with E-state index in [0.29, 0.717) is 12.3 Å². The third-order valence-electron chi connectivity index (χ3n) is 5.41. The van der Waals surface area contributed by atoms with Crippen molar-refractivity contribution < 1.29 is 9.53 Å². The lowest BCUT2D eigenvalue weighted by Gasteiger charge is -2.31. The number of aromatic nitrogens is 3. The Morgan fingerprint density at radius 2 is 2.04 bits per heavy atom. The molecule has 1 saturated heterocycles. The molecule has 1 N–H and O–H groups in total. The van der Waals surface area contributed by atoms with Crippen molar-refractivity contribution in [3.05, 3.63) is 41.5 Å². The molecule has 6 nitrogen and oxygen atoms in total. The van der Waals surface area contributed by atoms with Gasteiger partial charge in [0.25, 0.3) is 0 Å². The molecular formula is C20H26N4O2. The lowest BCUT2D eigenvalue weighted by Crippen LogP contribution is -2.39. The maximum Gasteiger partial charge on any atom is 0.222 e. The third-order valence-corrected chi connectivity index (χ3v) is 5.41. The van der Waals surface area contributed by atoms with Crippen LogP contribution >= 0.6 is 0 Å². The number of likely N-dealkylation sites (tertiary alicyclic amines) is 1. The Balaban J connectivity index is 1.31. The zero-order valence-corrected chi connectivity index (χ0v) is 15.3. The Hall–Kier alpha value is -2.37. The number of amides is 1. The van der Waals surface area contributed by atoms with Crippen molar-refractivity contribution in [1.82, 2.24) is 20.1 Å². The zero-order valence-electron chi connectivity index (χ0n) is 15.3. The molecule has 2 heterocycles. The lowest BCUT2D eigenvalue weighted by atomic mass is 9.96. The minimum atomic E-state index is 0.225. The molecule has 6 heteroatoms. The van der Waals surface area contributed by atoms with Crippen LogP contribution in [0, 0.1) is 0 Å². The molecule has 0 spiro atoms. The quantitative estimate of drug-likeness (QED) is 0.865. The molecule has 1 aliphatic heterocycles. The smallest absolute Gasteiger partial charge is 0.222 e. The predicted octanol–water partition coefficient (Wildman–Crippen LogP) is 3.03. The van der Waals surface area contributed by atoms with Crippen molar-refractivity contribution in [3.63, 3.8) is 0 Å². The fraction of sp³-hybridized carbons (Fsp3) is 0.550. The second-order valence-electron chi connectivity index (χ2n) is 7.38. The number of nitrogens with zero attached hydrogens (tertiary/aromatic N) is 3. The van der Waals surface area contributed by atoms with Crippen LogP contribution in [-0.4, -0.2) is 46.2 Å². The van der Waals surface area contributed by atoms with Gasteiger partial charge in [-0.05, 0) is 49.8 Å². The molecule has 0 radical (unpaired) electrons. The van der Waals surface area contributed by atoms with Gasteiger partial charge in [0.15, 0.2) is 5.82 Å². The normalized spacial score (nSPS) is 20.2. The van der Waals surface area contributed by atoms with E-state index in [0.717, 1.165) is 55.3 Å². The number of carbonyl (C=O) groups excluding carboxylic acids is 1. The van der Waals surface area contributed by atoms with Crippen LogP contribution in [0.1, 0.15) is 61.2 Å². The van der Waals surface area contributed by atoms with Crippen LogP contribution in [0.5, 0.6) is 5.75 Å². The highest BCUT2D eigenvalue weighted by Crippen LogP contribution is 2.38. The molecule has 2 aliphatic rings. The SMILES string of the molecule is COc1ccc(CCC(=O)N2CCC[C@H](c3n[nH]c(C4CC4)n3)C2)cc1. The molecule has 0 unspecified atom stereocenters. The molecule has 1 aromatic heterocycles. The molecule has 1 atom stereocenters. The molecule has 2 aromatic rings. The first-order chi connectivity index (χ1) is 12.7. The highest BCUT2D eigenvalue weighted by molar-refractivity contribution is 5.76. The first kappa shape index (κ1) is 17.1. The van der Waals surface area contributed by atoms with Crippen molar-refractivity contribution in [1.29, 1.82) is 0 Å². The van der Waals surface area contributed by atoms with Gasteiger partial charge in [-0.3, -0.25) is 9.89 Å². The van der Waals surface area contributed by atoms with E-state index in [1.165, 1.54) is 12.8 Å². The topological polar surface area (TPSA) is 71.1 Å². The Morgan fingerprint density at radius 3 is 2.77 bits per heavy atom. The molecule has 2 fully saturated rings. The van der Waals surface area contributed by atoms with Gasteiger partial charge in [0.2, 0.25) is 5.91 Å². The minimum absolute atomic E-state index is 0.225. The summed E-state index contributed by atoms with van der Waals surface area (Å²) in [6.07, 6.45) is 5.82. The van der Waals surface area contributed by atoms with Gasteiger partial charge >= 0.3 is 0 Å². The Morgan fingerprint density at radius 1 is 1.23 bits per heavy atom. The maximum atomic E-state index is 12.6. The van der Waals surface area contributed by atoms with E-state index in [-0.39, 0.29) is 11.8 Å². The Bertz CT molecular complexity index is 751. The van der Waals surface area contributed by atoms with Gasteiger partial charge < -0.3 is 9.64 Å². The summed E-state index contributed by atoms with van der Waals surface area (Å²) in [7, 11) is 1.66. The largest absolute Gasteiger partial charge is 0.497 e. The van der Waals surface area contributed by atoms with Crippen molar-refractivity contribution in [3.8, 4) is 5.75 Å². The minimum Gasteiger partial charge on any atom is -0.497 e. The second-order valence-corrected chi connectivity index (χ2v) is 7.38. The zero-order chi connectivity index (χ0) is 17.9. The van der Waals surface area contributed by atoms with Crippen molar-refractivity contribution in [2.45, 2.75) is 50.4 Å². The first-order valence-electron chi connectivity index (χ1n) is 9.56. The highest BCUT2D eigenvalue weighted by atomic mass is 16.5. The maximum absolute atomic E-state index is 12.6. The molecule has 26 heavy (non-hydrogen) atoms. The number of piperidine rings is 1. The van der Waals surface area contributed by atoms with Crippen LogP contribution in [0.3, 0.4) is 0 Å². The average molecular weight is 354 g/mol. The van der Waals surface area contributed by atoms with Crippen LogP contribution in [0.15, 0.2) is 24.3 Å². The number of ether oxygens (including phenoxy) is 1. The van der Waals surface area contributed by atoms with Gasteiger partial charge in [0, 0.05) is 31.3 Å². The molecule has 1 amide bonds. The molecule has 4 rings (SSSR count). The number of aryl methyl sites for hydroxylation is 1. The van der Waals surface area contributed by atoms with E-state index in [1.807, 2.05) is 29.2 Å². The number of nitrogens with one attached hydrogen (secondary N) is 1. The van der Waals surface area contributed by atoms with Crippen LogP contribution in [-0.2, 0) is 11.2 Å². The highest BCUT2D eigenvalue weighted by Gasteiger charge is 2.31. The average Bonchev–Trinajstić information content (AvgIpc) is 3.43. The van der Waals surface area contributed by atoms with Gasteiger partial charge in [0.1, 0.15) is 11.6 Å². The lowest BCUT2D eigenvalue weighted by molar-refractivity contribution is -0.132. The summed E-state index contributed by atoms with van der Waals surface area (Å²) in [5.74, 6) is 3.83. The number of aromatic amines is 1. The van der Waals surface area contributed by atoms with E-state index in [2.05, 4.69) is 15.2 Å². The van der Waals surface area contributed by atoms with Gasteiger partial charge in [-0.1, -0.05) is 12.1 Å². The summed E-state index contributed by atoms with van der Waals surface area (Å²) in [4.78, 5) is 19.3. The Labute approximate surface area is 154 Å². The number of methoxy groups -OCH3 is 1. The molecule has 1 saturated carbocycles. The molecule has 1 aromatic carbocycles. The van der Waals surface area contributed by atoms with Crippen LogP contribution in [0.4, 0.5) is 0 Å². The van der Waals surface area contributed by atoms with Crippen molar-refractivity contribution in [2.24, 2.45) is 0 Å². The number of hydrogen-bond donors (Lipinski definition) is 1. The summed E-state index contributed by atoms with van der Waals surface area (Å²) in [5.41, 5.74) is 1.16. The first-order valence-corrected chi connectivity index (χ1v) is 9.56. The number of hydrogen-bond acceptors (Lipinski definition) is 4. The van der Waals surface area contributed by atoms with Gasteiger partial charge in [0.05, 0.1) is 7.11 Å². The predicted molar refractivity (Wildman–Crippen MR) is 98.2 cm³/mol. The van der Waals surface area contributed by atoms with E-state index in [1.54, 1.807) is 7.11 Å². The second kappa shape index (κ2) is 7.48. The van der Waals surface area contributed by atoms with E-state index < -0.39 is 0 Å². The van der Waals surface area contributed by atoms with Crippen LogP contribution in [0.2, 0.25) is 0 Å². The van der Waals surface area contributed by atoms with Crippen LogP contribution in [0.25, 0.3) is 0 Å². The number of benzene rings is 1. The molecular weight excluding hydrogens is 328 g/mol.